The van der Waals surface area contributed by atoms with Crippen LogP contribution in [0.15, 0.2) is 0 Å². The molecule has 0 spiro atoms. The van der Waals surface area contributed by atoms with E-state index in [0.717, 1.165) is 18.8 Å². The molecule has 1 saturated carbocycles. The summed E-state index contributed by atoms with van der Waals surface area (Å²) in [5.41, 5.74) is 6.54. The third kappa shape index (κ3) is 4.76. The maximum absolute atomic E-state index is 10.1. The van der Waals surface area contributed by atoms with Crippen LogP contribution < -0.4 is 5.73 Å². The van der Waals surface area contributed by atoms with Gasteiger partial charge in [0, 0.05) is 0 Å². The zero-order valence-corrected chi connectivity index (χ0v) is 8.05. The van der Waals surface area contributed by atoms with Crippen LogP contribution in [-0.2, 0) is 4.74 Å². The second-order valence-electron chi connectivity index (χ2n) is 3.78. The second-order valence-corrected chi connectivity index (χ2v) is 3.78. The van der Waals surface area contributed by atoms with Crippen LogP contribution in [0.3, 0.4) is 0 Å². The lowest BCUT2D eigenvalue weighted by atomic mass is 9.86. The van der Waals surface area contributed by atoms with Crippen molar-refractivity contribution in [2.24, 2.45) is 5.92 Å². The van der Waals surface area contributed by atoms with E-state index in [0.29, 0.717) is 6.61 Å². The summed E-state index contributed by atoms with van der Waals surface area (Å²) in [6.45, 7) is 0.429. The largest absolute Gasteiger partial charge is 0.448 e. The van der Waals surface area contributed by atoms with Crippen molar-refractivity contribution in [3.63, 3.8) is 0 Å². The molecule has 0 aromatic carbocycles. The molecule has 0 saturated heterocycles. The molecule has 13 heavy (non-hydrogen) atoms. The molecule has 0 aromatic rings. The summed E-state index contributed by atoms with van der Waals surface area (Å²) >= 11 is 0. The Hall–Kier alpha value is -0.730. The van der Waals surface area contributed by atoms with E-state index in [-0.39, 0.29) is 0 Å². The minimum absolute atomic E-state index is 0.429. The first-order chi connectivity index (χ1) is 6.29. The second kappa shape index (κ2) is 5.84. The van der Waals surface area contributed by atoms with Crippen molar-refractivity contribution in [2.75, 3.05) is 6.61 Å². The first-order valence-corrected chi connectivity index (χ1v) is 5.17. The number of carbonyl (C=O) groups excluding carboxylic acids is 1. The monoisotopic (exact) mass is 184 g/mol. The Labute approximate surface area is 79.6 Å². The van der Waals surface area contributed by atoms with Gasteiger partial charge in [-0.2, -0.15) is 0 Å². The molecule has 0 unspecified atom stereocenters. The van der Waals surface area contributed by atoms with E-state index in [4.69, 9.17) is 5.73 Å². The minimum atomic E-state index is -0.899. The molecule has 75 valence electrons. The van der Waals surface area contributed by atoms with Crippen LogP contribution in [-0.4, -0.2) is 12.7 Å². The van der Waals surface area contributed by atoms with Crippen LogP contribution in [0.2, 0.25) is 0 Å². The highest BCUT2D eigenvalue weighted by Gasteiger charge is 2.12. The van der Waals surface area contributed by atoms with Gasteiger partial charge in [0.1, 0.15) is 0 Å². The number of nitrogens with one attached hydrogen (secondary N) is 1. The predicted octanol–water partition coefficient (Wildman–Crippen LogP) is 2.77. The number of hydrogen-bond acceptors (Lipinski definition) is 2. The lowest BCUT2D eigenvalue weighted by molar-refractivity contribution is 0.149. The Balaban J connectivity index is 1.95. The van der Waals surface area contributed by atoms with Gasteiger partial charge in [-0.1, -0.05) is 32.1 Å². The van der Waals surface area contributed by atoms with Gasteiger partial charge in [-0.3, -0.25) is 0 Å². The summed E-state index contributed by atoms with van der Waals surface area (Å²) in [5, 5.41) is 0. The normalized spacial score (nSPS) is 18.5. The summed E-state index contributed by atoms with van der Waals surface area (Å²) in [6.07, 6.45) is 7.99. The Morgan fingerprint density at radius 1 is 1.31 bits per heavy atom. The van der Waals surface area contributed by atoms with Crippen LogP contribution in [0.1, 0.15) is 44.9 Å². The van der Waals surface area contributed by atoms with E-state index in [1.54, 1.807) is 0 Å². The van der Waals surface area contributed by atoms with Crippen molar-refractivity contribution in [3.8, 4) is 0 Å². The highest BCUT2D eigenvalue weighted by atomic mass is 16.5. The molecule has 1 aliphatic rings. The van der Waals surface area contributed by atoms with Gasteiger partial charge in [-0.15, -0.1) is 0 Å². The van der Waals surface area contributed by atoms with E-state index < -0.39 is 6.09 Å². The smallest absolute Gasteiger partial charge is 0.426 e. The molecule has 3 heteroatoms. The van der Waals surface area contributed by atoms with Gasteiger partial charge in [0.05, 0.1) is 6.61 Å². The highest BCUT2D eigenvalue weighted by molar-refractivity contribution is 5.63. The number of carbonyl (C=O) groups is 1. The van der Waals surface area contributed by atoms with Crippen molar-refractivity contribution in [2.45, 2.75) is 44.9 Å². The highest BCUT2D eigenvalue weighted by Crippen LogP contribution is 2.27. The van der Waals surface area contributed by atoms with E-state index in [1.165, 1.54) is 32.1 Å². The molecule has 0 atom stereocenters. The zero-order valence-electron chi connectivity index (χ0n) is 8.05. The van der Waals surface area contributed by atoms with Gasteiger partial charge in [0.15, 0.2) is 0 Å². The van der Waals surface area contributed by atoms with E-state index in [2.05, 4.69) is 4.74 Å². The standard InChI is InChI=1S/C10H18NO2/c11-10(12)13-8-4-7-9-5-2-1-3-6-9/h9,11H,1-8H2. The molecule has 1 N–H and O–H groups in total. The molecule has 1 amide bonds. The number of ether oxygens (including phenoxy) is 1. The quantitative estimate of drug-likeness (QED) is 0.631. The lowest BCUT2D eigenvalue weighted by Gasteiger charge is -2.20. The molecule has 3 nitrogen and oxygen atoms in total. The minimum Gasteiger partial charge on any atom is -0.448 e. The third-order valence-electron chi connectivity index (χ3n) is 2.71. The Morgan fingerprint density at radius 2 is 2.00 bits per heavy atom. The predicted molar refractivity (Wildman–Crippen MR) is 50.3 cm³/mol. The molecule has 1 rings (SSSR count). The molecule has 1 fully saturated rings. The molecular formula is C10H18NO2. The van der Waals surface area contributed by atoms with Gasteiger partial charge in [-0.25, -0.2) is 10.5 Å². The molecule has 1 radical (unpaired) electrons. The lowest BCUT2D eigenvalue weighted by Crippen LogP contribution is -2.09. The zero-order chi connectivity index (χ0) is 9.52. The van der Waals surface area contributed by atoms with Crippen molar-refractivity contribution in [1.82, 2.24) is 5.73 Å². The Kier molecular flexibility index (Phi) is 4.65. The van der Waals surface area contributed by atoms with Crippen molar-refractivity contribution < 1.29 is 9.53 Å². The molecular weight excluding hydrogens is 166 g/mol. The average molecular weight is 184 g/mol. The van der Waals surface area contributed by atoms with Gasteiger partial charge in [0.25, 0.3) is 0 Å². The van der Waals surface area contributed by atoms with Crippen molar-refractivity contribution in [3.05, 3.63) is 0 Å². The summed E-state index contributed by atoms with van der Waals surface area (Å²) in [7, 11) is 0. The molecule has 0 bridgehead atoms. The number of hydrogen-bond donors (Lipinski definition) is 0. The van der Waals surface area contributed by atoms with Crippen LogP contribution in [0.5, 0.6) is 0 Å². The van der Waals surface area contributed by atoms with E-state index >= 15 is 0 Å². The maximum Gasteiger partial charge on any atom is 0.426 e. The Bertz CT molecular complexity index is 153. The van der Waals surface area contributed by atoms with Gasteiger partial charge >= 0.3 is 6.09 Å². The topological polar surface area (TPSA) is 50.1 Å². The number of amides is 1. The molecule has 0 heterocycles. The van der Waals surface area contributed by atoms with Crippen LogP contribution in [0.25, 0.3) is 0 Å². The summed E-state index contributed by atoms with van der Waals surface area (Å²) in [4.78, 5) is 10.1. The maximum atomic E-state index is 10.1. The third-order valence-corrected chi connectivity index (χ3v) is 2.71. The fourth-order valence-corrected chi connectivity index (χ4v) is 2.01. The summed E-state index contributed by atoms with van der Waals surface area (Å²) in [5.74, 6) is 0.846. The van der Waals surface area contributed by atoms with Crippen LogP contribution >= 0.6 is 0 Å². The fraction of sp³-hybridized carbons (Fsp3) is 0.900. The first kappa shape index (κ1) is 10.4. The van der Waals surface area contributed by atoms with Gasteiger partial charge in [-0.05, 0) is 18.8 Å². The fourth-order valence-electron chi connectivity index (χ4n) is 2.01. The first-order valence-electron chi connectivity index (χ1n) is 5.17. The van der Waals surface area contributed by atoms with Crippen molar-refractivity contribution >= 4 is 6.09 Å². The van der Waals surface area contributed by atoms with E-state index in [9.17, 15) is 4.79 Å². The molecule has 1 aliphatic carbocycles. The Morgan fingerprint density at radius 3 is 2.62 bits per heavy atom. The summed E-state index contributed by atoms with van der Waals surface area (Å²) in [6, 6.07) is 0. The average Bonchev–Trinajstić information content (AvgIpc) is 2.14. The molecule has 0 aromatic heterocycles. The molecule has 0 aliphatic heterocycles. The van der Waals surface area contributed by atoms with E-state index in [1.807, 2.05) is 0 Å². The van der Waals surface area contributed by atoms with Gasteiger partial charge in [0.2, 0.25) is 0 Å². The SMILES string of the molecule is [NH]C(=O)OCCCC1CCCCC1. The van der Waals surface area contributed by atoms with Crippen molar-refractivity contribution in [1.29, 1.82) is 0 Å². The van der Waals surface area contributed by atoms with Crippen LogP contribution in [0, 0.1) is 5.92 Å². The van der Waals surface area contributed by atoms with Gasteiger partial charge < -0.3 is 4.74 Å². The number of rotatable bonds is 4. The van der Waals surface area contributed by atoms with Crippen LogP contribution in [0.4, 0.5) is 4.79 Å². The summed E-state index contributed by atoms with van der Waals surface area (Å²) < 4.78 is 4.56.